The third-order valence-electron chi connectivity index (χ3n) is 2.95. The molecule has 6 nitrogen and oxygen atoms in total. The Hall–Kier alpha value is -1.86. The van der Waals surface area contributed by atoms with Gasteiger partial charge in [-0.2, -0.15) is 0 Å². The monoisotopic (exact) mass is 309 g/mol. The van der Waals surface area contributed by atoms with E-state index < -0.39 is 10.0 Å². The highest BCUT2D eigenvalue weighted by Gasteiger charge is 2.18. The second kappa shape index (κ2) is 6.73. The van der Waals surface area contributed by atoms with Gasteiger partial charge in [0.2, 0.25) is 10.0 Å². The largest absolute Gasteiger partial charge is 0.373 e. The first-order chi connectivity index (χ1) is 9.96. The van der Waals surface area contributed by atoms with Crippen LogP contribution >= 0.6 is 0 Å². The van der Waals surface area contributed by atoms with Crippen LogP contribution in [0.5, 0.6) is 0 Å². The predicted molar refractivity (Wildman–Crippen MR) is 81.4 cm³/mol. The second-order valence-electron chi connectivity index (χ2n) is 4.98. The number of benzene rings is 1. The lowest BCUT2D eigenvalue weighted by molar-refractivity contribution is 0.413. The van der Waals surface area contributed by atoms with E-state index in [4.69, 9.17) is 0 Å². The molecule has 0 aliphatic carbocycles. The van der Waals surface area contributed by atoms with Crippen molar-refractivity contribution in [1.29, 1.82) is 0 Å². The summed E-state index contributed by atoms with van der Waals surface area (Å²) in [6, 6.07) is 11.1. The van der Waals surface area contributed by atoms with Crippen LogP contribution in [-0.2, 0) is 15.8 Å². The number of hydrogen-bond donors (Lipinski definition) is 1. The number of nitrogens with one attached hydrogen (secondary N) is 1. The summed E-state index contributed by atoms with van der Waals surface area (Å²) < 4.78 is 31.3. The molecule has 0 radical (unpaired) electrons. The number of anilines is 1. The van der Waals surface area contributed by atoms with Crippen molar-refractivity contribution in [2.75, 3.05) is 18.5 Å². The fourth-order valence-corrected chi connectivity index (χ4v) is 3.40. The highest BCUT2D eigenvalue weighted by atomic mass is 32.2. The summed E-state index contributed by atoms with van der Waals surface area (Å²) >= 11 is 0. The highest BCUT2D eigenvalue weighted by Crippen LogP contribution is 2.11. The van der Waals surface area contributed by atoms with E-state index in [0.717, 1.165) is 5.69 Å². The maximum absolute atomic E-state index is 12.0. The van der Waals surface area contributed by atoms with E-state index in [9.17, 15) is 8.42 Å². The smallest absolute Gasteiger partial charge is 0.217 e. The van der Waals surface area contributed by atoms with Crippen molar-refractivity contribution in [2.45, 2.75) is 18.7 Å². The van der Waals surface area contributed by atoms with Crippen molar-refractivity contribution in [3.8, 4) is 0 Å². The quantitative estimate of drug-likeness (QED) is 0.841. The molecule has 0 saturated heterocycles. The van der Waals surface area contributed by atoms with Crippen LogP contribution in [0.4, 0.5) is 5.69 Å². The lowest BCUT2D eigenvalue weighted by Gasteiger charge is -2.23. The van der Waals surface area contributed by atoms with Crippen molar-refractivity contribution in [1.82, 2.24) is 9.88 Å². The van der Waals surface area contributed by atoms with E-state index in [0.29, 0.717) is 12.2 Å². The summed E-state index contributed by atoms with van der Waals surface area (Å²) in [4.78, 5) is 2.00. The first kappa shape index (κ1) is 15.5. The van der Waals surface area contributed by atoms with E-state index in [1.807, 2.05) is 49.2 Å². The highest BCUT2D eigenvalue weighted by molar-refractivity contribution is 7.88. The van der Waals surface area contributed by atoms with Crippen LogP contribution in [0, 0.1) is 0 Å². The molecule has 0 aliphatic rings. The summed E-state index contributed by atoms with van der Waals surface area (Å²) in [5.41, 5.74) is 1.44. The van der Waals surface area contributed by atoms with Gasteiger partial charge in [-0.05, 0) is 19.1 Å². The summed E-state index contributed by atoms with van der Waals surface area (Å²) in [6.07, 6.45) is 1.36. The molecule has 0 amide bonds. The normalized spacial score (nSPS) is 13.0. The van der Waals surface area contributed by atoms with Crippen LogP contribution in [0.1, 0.15) is 12.6 Å². The molecule has 2 rings (SSSR count). The molecule has 1 atom stereocenters. The molecule has 1 unspecified atom stereocenters. The molecule has 0 saturated carbocycles. The van der Waals surface area contributed by atoms with Crippen LogP contribution in [0.2, 0.25) is 0 Å². The first-order valence-electron chi connectivity index (χ1n) is 6.62. The Labute approximate surface area is 124 Å². The van der Waals surface area contributed by atoms with Crippen LogP contribution in [0.15, 0.2) is 47.2 Å². The molecule has 0 bridgehead atoms. The molecule has 21 heavy (non-hydrogen) atoms. The number of rotatable bonds is 7. The van der Waals surface area contributed by atoms with Gasteiger partial charge in [0.15, 0.2) is 0 Å². The summed E-state index contributed by atoms with van der Waals surface area (Å²) in [6.45, 7) is 2.40. The van der Waals surface area contributed by atoms with Crippen molar-refractivity contribution >= 4 is 15.7 Å². The number of likely N-dealkylation sites (N-methyl/N-ethyl adjacent to an activating group) is 1. The molecule has 0 fully saturated rings. The number of hydrogen-bond acceptors (Lipinski definition) is 5. The number of sulfonamides is 1. The van der Waals surface area contributed by atoms with Gasteiger partial charge in [-0.3, -0.25) is 0 Å². The second-order valence-corrected chi connectivity index (χ2v) is 6.74. The van der Waals surface area contributed by atoms with Gasteiger partial charge in [0, 0.05) is 31.4 Å². The Morgan fingerprint density at radius 3 is 2.62 bits per heavy atom. The van der Waals surface area contributed by atoms with Crippen molar-refractivity contribution in [3.05, 3.63) is 48.4 Å². The molecule has 0 aliphatic heterocycles. The van der Waals surface area contributed by atoms with Crippen LogP contribution < -0.4 is 9.62 Å². The molecule has 114 valence electrons. The van der Waals surface area contributed by atoms with Gasteiger partial charge in [0.25, 0.3) is 0 Å². The minimum Gasteiger partial charge on any atom is -0.373 e. The zero-order valence-electron chi connectivity index (χ0n) is 12.1. The Morgan fingerprint density at radius 2 is 2.00 bits per heavy atom. The van der Waals surface area contributed by atoms with Crippen LogP contribution in [0.25, 0.3) is 0 Å². The van der Waals surface area contributed by atoms with Crippen molar-refractivity contribution < 1.29 is 12.9 Å². The summed E-state index contributed by atoms with van der Waals surface area (Å²) in [7, 11) is -1.50. The van der Waals surface area contributed by atoms with E-state index in [1.165, 1.54) is 6.26 Å². The lowest BCUT2D eigenvalue weighted by Crippen LogP contribution is -2.41. The molecule has 1 aromatic carbocycles. The molecule has 1 N–H and O–H groups in total. The zero-order chi connectivity index (χ0) is 15.3. The topological polar surface area (TPSA) is 75.4 Å². The predicted octanol–water partition coefficient (Wildman–Crippen LogP) is 1.62. The van der Waals surface area contributed by atoms with Gasteiger partial charge in [-0.1, -0.05) is 23.4 Å². The van der Waals surface area contributed by atoms with Crippen molar-refractivity contribution in [2.24, 2.45) is 0 Å². The van der Waals surface area contributed by atoms with E-state index in [2.05, 4.69) is 14.4 Å². The molecular formula is C14H19N3O3S. The fourth-order valence-electron chi connectivity index (χ4n) is 2.09. The van der Waals surface area contributed by atoms with Gasteiger partial charge in [0.1, 0.15) is 12.0 Å². The Kier molecular flexibility index (Phi) is 4.98. The first-order valence-corrected chi connectivity index (χ1v) is 8.27. The molecule has 2 aromatic rings. The van der Waals surface area contributed by atoms with Gasteiger partial charge < -0.3 is 9.42 Å². The Balaban J connectivity index is 1.90. The van der Waals surface area contributed by atoms with Crippen LogP contribution in [-0.4, -0.2) is 33.2 Å². The summed E-state index contributed by atoms with van der Waals surface area (Å²) in [5.74, 6) is -0.178. The molecule has 1 heterocycles. The van der Waals surface area contributed by atoms with Crippen LogP contribution in [0.3, 0.4) is 0 Å². The fraction of sp³-hybridized carbons (Fsp3) is 0.357. The SMILES string of the molecule is CC(CN(C)c1ccccc1)NS(=O)(=O)Cc1ccon1. The molecular weight excluding hydrogens is 290 g/mol. The number of nitrogens with zero attached hydrogens (tertiary/aromatic N) is 2. The van der Waals surface area contributed by atoms with E-state index >= 15 is 0 Å². The Morgan fingerprint density at radius 1 is 1.29 bits per heavy atom. The third-order valence-corrected chi connectivity index (χ3v) is 4.39. The molecule has 0 spiro atoms. The van der Waals surface area contributed by atoms with Gasteiger partial charge in [0.05, 0.1) is 5.69 Å². The van der Waals surface area contributed by atoms with E-state index in [-0.39, 0.29) is 11.8 Å². The van der Waals surface area contributed by atoms with Crippen molar-refractivity contribution in [3.63, 3.8) is 0 Å². The maximum atomic E-state index is 12.0. The number of aromatic nitrogens is 1. The minimum absolute atomic E-state index is 0.178. The standard InChI is InChI=1S/C14H19N3O3S/c1-12(10-17(2)14-6-4-3-5-7-14)16-21(18,19)11-13-8-9-20-15-13/h3-9,12,16H,10-11H2,1-2H3. The van der Waals surface area contributed by atoms with Gasteiger partial charge in [-0.25, -0.2) is 13.1 Å². The summed E-state index contributed by atoms with van der Waals surface area (Å²) in [5, 5.41) is 3.61. The molecule has 1 aromatic heterocycles. The zero-order valence-corrected chi connectivity index (χ0v) is 12.9. The molecule has 7 heteroatoms. The van der Waals surface area contributed by atoms with E-state index in [1.54, 1.807) is 6.07 Å². The average Bonchev–Trinajstić information content (AvgIpc) is 2.90. The minimum atomic E-state index is -3.43. The Bertz CT molecular complexity index is 641. The number of para-hydroxylation sites is 1. The van der Waals surface area contributed by atoms with Gasteiger partial charge >= 0.3 is 0 Å². The lowest BCUT2D eigenvalue weighted by atomic mass is 10.2. The average molecular weight is 309 g/mol. The van der Waals surface area contributed by atoms with Gasteiger partial charge in [-0.15, -0.1) is 0 Å². The third kappa shape index (κ3) is 4.87. The maximum Gasteiger partial charge on any atom is 0.217 e.